The second kappa shape index (κ2) is 5.93. The first kappa shape index (κ1) is 16.2. The molecule has 0 N–H and O–H groups in total. The highest BCUT2D eigenvalue weighted by atomic mass is 79.9. The summed E-state index contributed by atoms with van der Waals surface area (Å²) >= 11 is 6.20. The van der Waals surface area contributed by atoms with Gasteiger partial charge in [0.2, 0.25) is 9.84 Å². The van der Waals surface area contributed by atoms with E-state index in [1.54, 1.807) is 0 Å². The van der Waals surface area contributed by atoms with Crippen LogP contribution in [0.2, 0.25) is 0 Å². The lowest BCUT2D eigenvalue weighted by molar-refractivity contribution is 0.234. The fraction of sp³-hybridized carbons (Fsp3) is 0.0909. The van der Waals surface area contributed by atoms with Crippen molar-refractivity contribution in [2.24, 2.45) is 0 Å². The maximum atomic E-state index is 12.4. The Morgan fingerprint density at radius 3 is 2.24 bits per heavy atom. The van der Waals surface area contributed by atoms with Crippen LogP contribution in [0.5, 0.6) is 0 Å². The van der Waals surface area contributed by atoms with E-state index in [1.165, 1.54) is 18.3 Å². The molecule has 10 heteroatoms. The zero-order valence-electron chi connectivity index (χ0n) is 10.0. The first-order chi connectivity index (χ1) is 9.75. The number of benzene rings is 1. The summed E-state index contributed by atoms with van der Waals surface area (Å²) in [5.41, 5.74) is -0.227. The Labute approximate surface area is 134 Å². The minimum absolute atomic E-state index is 0.238. The predicted molar refractivity (Wildman–Crippen MR) is 78.4 cm³/mol. The van der Waals surface area contributed by atoms with Gasteiger partial charge in [0, 0.05) is 0 Å². The average molecular weight is 444 g/mol. The Morgan fingerprint density at radius 2 is 1.71 bits per heavy atom. The molecule has 0 saturated heterocycles. The van der Waals surface area contributed by atoms with Crippen molar-refractivity contribution in [3.05, 3.63) is 49.8 Å². The van der Waals surface area contributed by atoms with E-state index in [1.807, 2.05) is 0 Å². The first-order valence-corrected chi connectivity index (χ1v) is 8.44. The van der Waals surface area contributed by atoms with Crippen LogP contribution in [-0.4, -0.2) is 24.0 Å². The van der Waals surface area contributed by atoms with Crippen LogP contribution in [0.15, 0.2) is 49.1 Å². The summed E-state index contributed by atoms with van der Waals surface area (Å²) in [7, 11) is -4.66. The number of alkyl halides is 2. The molecule has 1 heterocycles. The van der Waals surface area contributed by atoms with Gasteiger partial charge in [-0.2, -0.15) is 18.6 Å². The van der Waals surface area contributed by atoms with Crippen molar-refractivity contribution in [1.82, 2.24) is 9.78 Å². The van der Waals surface area contributed by atoms with Crippen molar-refractivity contribution < 1.29 is 17.2 Å². The van der Waals surface area contributed by atoms with Crippen molar-refractivity contribution in [2.45, 2.75) is 10.7 Å². The molecule has 0 radical (unpaired) electrons. The van der Waals surface area contributed by atoms with E-state index in [0.717, 1.165) is 16.8 Å². The number of rotatable bonds is 3. The molecule has 2 rings (SSSR count). The molecular weight excluding hydrogens is 438 g/mol. The normalized spacial score (nSPS) is 11.9. The third kappa shape index (κ3) is 3.06. The molecule has 0 aliphatic carbocycles. The van der Waals surface area contributed by atoms with Gasteiger partial charge in [-0.15, -0.1) is 0 Å². The van der Waals surface area contributed by atoms with Crippen LogP contribution in [0.1, 0.15) is 0 Å². The van der Waals surface area contributed by atoms with Crippen molar-refractivity contribution in [3.63, 3.8) is 0 Å². The summed E-state index contributed by atoms with van der Waals surface area (Å²) in [6.45, 7) is 0. The van der Waals surface area contributed by atoms with E-state index in [-0.39, 0.29) is 10.2 Å². The third-order valence-corrected chi connectivity index (χ3v) is 5.82. The Hall–Kier alpha value is -1.13. The highest BCUT2D eigenvalue weighted by Crippen LogP contribution is 2.21. The molecule has 0 spiro atoms. The Bertz CT molecular complexity index is 836. The molecule has 2 aromatic rings. The van der Waals surface area contributed by atoms with Crippen molar-refractivity contribution in [3.8, 4) is 5.69 Å². The molecule has 0 amide bonds. The second-order valence-corrected chi connectivity index (χ2v) is 7.39. The second-order valence-electron chi connectivity index (χ2n) is 3.82. The lowest BCUT2D eigenvalue weighted by Crippen LogP contribution is -2.21. The molecule has 0 aliphatic rings. The van der Waals surface area contributed by atoms with Gasteiger partial charge >= 0.3 is 5.76 Å². The molecule has 0 atom stereocenters. The molecule has 21 heavy (non-hydrogen) atoms. The van der Waals surface area contributed by atoms with Gasteiger partial charge in [-0.05, 0) is 56.1 Å². The third-order valence-electron chi connectivity index (χ3n) is 2.52. The molecule has 0 fully saturated rings. The summed E-state index contributed by atoms with van der Waals surface area (Å²) in [6, 6.07) is 4.45. The summed E-state index contributed by atoms with van der Waals surface area (Å²) < 4.78 is 49.1. The number of aromatic nitrogens is 2. The molecule has 1 aromatic heterocycles. The average Bonchev–Trinajstić information content (AvgIpc) is 2.45. The fourth-order valence-electron chi connectivity index (χ4n) is 1.48. The lowest BCUT2D eigenvalue weighted by Gasteiger charge is -2.07. The van der Waals surface area contributed by atoms with E-state index in [2.05, 4.69) is 37.0 Å². The fourth-order valence-corrected chi connectivity index (χ4v) is 2.73. The zero-order chi connectivity index (χ0) is 15.8. The van der Waals surface area contributed by atoms with Crippen LogP contribution in [-0.2, 0) is 9.84 Å². The van der Waals surface area contributed by atoms with Gasteiger partial charge in [0.1, 0.15) is 4.47 Å². The van der Waals surface area contributed by atoms with Gasteiger partial charge in [0.25, 0.3) is 5.56 Å². The number of nitrogens with zero attached hydrogens (tertiary/aromatic N) is 2. The van der Waals surface area contributed by atoms with E-state index in [4.69, 9.17) is 0 Å². The summed E-state index contributed by atoms with van der Waals surface area (Å²) in [5.74, 6) is -3.49. The van der Waals surface area contributed by atoms with E-state index >= 15 is 0 Å². The number of hydrogen-bond acceptors (Lipinski definition) is 4. The molecule has 5 nitrogen and oxygen atoms in total. The van der Waals surface area contributed by atoms with Gasteiger partial charge in [0.15, 0.2) is 0 Å². The van der Waals surface area contributed by atoms with Crippen LogP contribution in [0.4, 0.5) is 8.78 Å². The van der Waals surface area contributed by atoms with E-state index in [0.29, 0.717) is 4.47 Å². The topological polar surface area (TPSA) is 69.0 Å². The molecule has 1 aromatic carbocycles. The smallest absolute Gasteiger partial charge is 0.266 e. The van der Waals surface area contributed by atoms with Crippen LogP contribution in [0, 0.1) is 0 Å². The quantitative estimate of drug-likeness (QED) is 0.731. The molecule has 112 valence electrons. The molecular formula is C11H6Br2F2N2O3S. The Balaban J connectivity index is 2.51. The van der Waals surface area contributed by atoms with Gasteiger partial charge in [0.05, 0.1) is 21.3 Å². The number of halogens is 4. The van der Waals surface area contributed by atoms with Crippen LogP contribution >= 0.6 is 31.9 Å². The van der Waals surface area contributed by atoms with Gasteiger partial charge in [-0.25, -0.2) is 8.42 Å². The van der Waals surface area contributed by atoms with Crippen molar-refractivity contribution in [2.75, 3.05) is 0 Å². The maximum Gasteiger partial charge on any atom is 0.341 e. The monoisotopic (exact) mass is 442 g/mol. The minimum Gasteiger partial charge on any atom is -0.266 e. The Kier molecular flexibility index (Phi) is 4.59. The molecule has 0 bridgehead atoms. The standard InChI is InChI=1S/C11H6Br2F2N2O3S/c12-8-5-16-17(10(18)9(8)13)6-1-3-7(4-2-6)21(19,20)11(14)15/h1-5,11H. The number of hydrogen-bond donors (Lipinski definition) is 0. The molecule has 0 saturated carbocycles. The lowest BCUT2D eigenvalue weighted by atomic mass is 10.3. The zero-order valence-corrected chi connectivity index (χ0v) is 14.0. The minimum atomic E-state index is -4.66. The number of sulfone groups is 1. The summed E-state index contributed by atoms with van der Waals surface area (Å²) in [4.78, 5) is 11.4. The largest absolute Gasteiger partial charge is 0.341 e. The predicted octanol–water partition coefficient (Wildman–Crippen LogP) is 2.75. The van der Waals surface area contributed by atoms with Gasteiger partial charge in [-0.3, -0.25) is 4.79 Å². The van der Waals surface area contributed by atoms with Crippen LogP contribution < -0.4 is 5.56 Å². The highest BCUT2D eigenvalue weighted by molar-refractivity contribution is 9.13. The highest BCUT2D eigenvalue weighted by Gasteiger charge is 2.26. The molecule has 0 aliphatic heterocycles. The summed E-state index contributed by atoms with van der Waals surface area (Å²) in [6.07, 6.45) is 1.37. The van der Waals surface area contributed by atoms with Gasteiger partial charge in [-0.1, -0.05) is 0 Å². The maximum absolute atomic E-state index is 12.4. The summed E-state index contributed by atoms with van der Waals surface area (Å²) in [5, 5.41) is 3.87. The SMILES string of the molecule is O=c1c(Br)c(Br)cnn1-c1ccc(S(=O)(=O)C(F)F)cc1. The van der Waals surface area contributed by atoms with Crippen LogP contribution in [0.3, 0.4) is 0 Å². The van der Waals surface area contributed by atoms with Gasteiger partial charge < -0.3 is 0 Å². The first-order valence-electron chi connectivity index (χ1n) is 5.31. The van der Waals surface area contributed by atoms with Crippen LogP contribution in [0.25, 0.3) is 5.69 Å². The van der Waals surface area contributed by atoms with Crippen molar-refractivity contribution >= 4 is 41.7 Å². The Morgan fingerprint density at radius 1 is 1.14 bits per heavy atom. The molecule has 0 unspecified atom stereocenters. The van der Waals surface area contributed by atoms with Crippen molar-refractivity contribution in [1.29, 1.82) is 0 Å². The van der Waals surface area contributed by atoms with E-state index < -0.39 is 26.0 Å². The van der Waals surface area contributed by atoms with E-state index in [9.17, 15) is 22.0 Å².